The molecule has 6 heteroatoms. The third-order valence-electron chi connectivity index (χ3n) is 2.56. The van der Waals surface area contributed by atoms with Crippen molar-refractivity contribution in [3.8, 4) is 11.3 Å². The van der Waals surface area contributed by atoms with E-state index in [4.69, 9.17) is 5.73 Å². The summed E-state index contributed by atoms with van der Waals surface area (Å²) in [6.45, 7) is 0. The van der Waals surface area contributed by atoms with E-state index < -0.39 is 5.91 Å². The standard InChI is InChI=1S/C12H9N5O/c13-12(18)9-6-15-11-4-10(16-17(11)7-9)8-2-1-3-14-5-8/h1-7H,(H2,13,18). The molecule has 3 aromatic rings. The Labute approximate surface area is 102 Å². The average Bonchev–Trinajstić information content (AvgIpc) is 2.82. The fourth-order valence-corrected chi connectivity index (χ4v) is 1.66. The third-order valence-corrected chi connectivity index (χ3v) is 2.56. The molecule has 0 bridgehead atoms. The van der Waals surface area contributed by atoms with E-state index >= 15 is 0 Å². The number of hydrogen-bond donors (Lipinski definition) is 1. The summed E-state index contributed by atoms with van der Waals surface area (Å²) in [6.07, 6.45) is 6.41. The fraction of sp³-hybridized carbons (Fsp3) is 0. The summed E-state index contributed by atoms with van der Waals surface area (Å²) in [5, 5.41) is 4.33. The van der Waals surface area contributed by atoms with Crippen LogP contribution in [0.4, 0.5) is 0 Å². The maximum atomic E-state index is 11.1. The molecule has 0 fully saturated rings. The third kappa shape index (κ3) is 1.69. The molecule has 3 rings (SSSR count). The van der Waals surface area contributed by atoms with Crippen molar-refractivity contribution in [2.24, 2.45) is 5.73 Å². The number of nitrogens with two attached hydrogens (primary N) is 1. The van der Waals surface area contributed by atoms with Crippen molar-refractivity contribution >= 4 is 11.6 Å². The van der Waals surface area contributed by atoms with Crippen LogP contribution in [-0.2, 0) is 0 Å². The topological polar surface area (TPSA) is 86.2 Å². The maximum absolute atomic E-state index is 11.1. The number of carbonyl (C=O) groups excluding carboxylic acids is 1. The van der Waals surface area contributed by atoms with Gasteiger partial charge in [0.2, 0.25) is 0 Å². The number of primary amides is 1. The second-order valence-corrected chi connectivity index (χ2v) is 3.78. The number of carbonyl (C=O) groups is 1. The van der Waals surface area contributed by atoms with Crippen molar-refractivity contribution < 1.29 is 4.79 Å². The van der Waals surface area contributed by atoms with E-state index in [9.17, 15) is 4.79 Å². The van der Waals surface area contributed by atoms with Crippen LogP contribution in [0.1, 0.15) is 10.4 Å². The van der Waals surface area contributed by atoms with Gasteiger partial charge in [0.15, 0.2) is 5.65 Å². The highest BCUT2D eigenvalue weighted by Crippen LogP contribution is 2.17. The maximum Gasteiger partial charge on any atom is 0.251 e. The van der Waals surface area contributed by atoms with Gasteiger partial charge in [0, 0.05) is 36.4 Å². The highest BCUT2D eigenvalue weighted by molar-refractivity contribution is 5.92. The zero-order valence-electron chi connectivity index (χ0n) is 9.32. The Hall–Kier alpha value is -2.76. The van der Waals surface area contributed by atoms with Gasteiger partial charge in [-0.1, -0.05) is 0 Å². The molecular formula is C12H9N5O. The molecule has 0 spiro atoms. The predicted octanol–water partition coefficient (Wildman–Crippen LogP) is 0.890. The lowest BCUT2D eigenvalue weighted by Crippen LogP contribution is -2.12. The Balaban J connectivity index is 2.14. The second kappa shape index (κ2) is 3.92. The van der Waals surface area contributed by atoms with Gasteiger partial charge in [-0.2, -0.15) is 5.10 Å². The van der Waals surface area contributed by atoms with Crippen molar-refractivity contribution in [3.63, 3.8) is 0 Å². The Bertz CT molecular complexity index is 720. The molecule has 0 saturated heterocycles. The zero-order valence-corrected chi connectivity index (χ0v) is 9.32. The van der Waals surface area contributed by atoms with Crippen molar-refractivity contribution in [1.82, 2.24) is 19.6 Å². The molecule has 18 heavy (non-hydrogen) atoms. The molecule has 0 aromatic carbocycles. The Morgan fingerprint density at radius 1 is 1.33 bits per heavy atom. The van der Waals surface area contributed by atoms with Crippen molar-refractivity contribution in [2.45, 2.75) is 0 Å². The molecule has 2 N–H and O–H groups in total. The summed E-state index contributed by atoms with van der Waals surface area (Å²) < 4.78 is 1.53. The minimum atomic E-state index is -0.525. The van der Waals surface area contributed by atoms with Gasteiger partial charge in [0.25, 0.3) is 5.91 Å². The first-order valence-electron chi connectivity index (χ1n) is 5.30. The summed E-state index contributed by atoms with van der Waals surface area (Å²) in [4.78, 5) is 19.2. The van der Waals surface area contributed by atoms with E-state index in [1.807, 2.05) is 18.2 Å². The smallest absolute Gasteiger partial charge is 0.251 e. The lowest BCUT2D eigenvalue weighted by atomic mass is 10.2. The van der Waals surface area contributed by atoms with Crippen LogP contribution in [-0.4, -0.2) is 25.5 Å². The Morgan fingerprint density at radius 2 is 2.22 bits per heavy atom. The molecule has 3 heterocycles. The number of nitrogens with zero attached hydrogens (tertiary/aromatic N) is 4. The molecule has 0 aliphatic rings. The van der Waals surface area contributed by atoms with Gasteiger partial charge in [-0.25, -0.2) is 9.50 Å². The number of amides is 1. The van der Waals surface area contributed by atoms with Crippen LogP contribution in [0.2, 0.25) is 0 Å². The minimum absolute atomic E-state index is 0.323. The first-order chi connectivity index (χ1) is 8.74. The molecule has 3 aromatic heterocycles. The summed E-state index contributed by atoms with van der Waals surface area (Å²) in [7, 11) is 0. The van der Waals surface area contributed by atoms with E-state index in [-0.39, 0.29) is 0 Å². The van der Waals surface area contributed by atoms with E-state index in [0.29, 0.717) is 11.2 Å². The van der Waals surface area contributed by atoms with E-state index in [1.165, 1.54) is 10.7 Å². The van der Waals surface area contributed by atoms with Crippen LogP contribution < -0.4 is 5.73 Å². The predicted molar refractivity (Wildman–Crippen MR) is 64.7 cm³/mol. The van der Waals surface area contributed by atoms with E-state index in [1.54, 1.807) is 18.6 Å². The van der Waals surface area contributed by atoms with Crippen LogP contribution in [0.5, 0.6) is 0 Å². The molecule has 0 atom stereocenters. The molecule has 0 radical (unpaired) electrons. The molecule has 6 nitrogen and oxygen atoms in total. The first kappa shape index (κ1) is 10.4. The number of fused-ring (bicyclic) bond motifs is 1. The average molecular weight is 239 g/mol. The SMILES string of the molecule is NC(=O)c1cnc2cc(-c3cccnc3)nn2c1. The number of aromatic nitrogens is 4. The van der Waals surface area contributed by atoms with Gasteiger partial charge >= 0.3 is 0 Å². The van der Waals surface area contributed by atoms with Gasteiger partial charge in [-0.15, -0.1) is 0 Å². The fourth-order valence-electron chi connectivity index (χ4n) is 1.66. The highest BCUT2D eigenvalue weighted by atomic mass is 16.1. The summed E-state index contributed by atoms with van der Waals surface area (Å²) in [6, 6.07) is 5.56. The lowest BCUT2D eigenvalue weighted by molar-refractivity contribution is 0.0999. The number of rotatable bonds is 2. The van der Waals surface area contributed by atoms with Gasteiger partial charge in [-0.05, 0) is 12.1 Å². The van der Waals surface area contributed by atoms with E-state index in [0.717, 1.165) is 11.3 Å². The van der Waals surface area contributed by atoms with Gasteiger partial charge in [-0.3, -0.25) is 9.78 Å². The second-order valence-electron chi connectivity index (χ2n) is 3.78. The molecule has 0 aliphatic heterocycles. The van der Waals surface area contributed by atoms with Crippen LogP contribution in [0.3, 0.4) is 0 Å². The zero-order chi connectivity index (χ0) is 12.5. The number of hydrogen-bond acceptors (Lipinski definition) is 4. The summed E-state index contributed by atoms with van der Waals surface area (Å²) in [5.74, 6) is -0.525. The van der Waals surface area contributed by atoms with Gasteiger partial charge in [0.05, 0.1) is 11.3 Å². The Morgan fingerprint density at radius 3 is 2.94 bits per heavy atom. The monoisotopic (exact) mass is 239 g/mol. The van der Waals surface area contributed by atoms with E-state index in [2.05, 4.69) is 15.1 Å². The van der Waals surface area contributed by atoms with Crippen LogP contribution in [0, 0.1) is 0 Å². The molecule has 1 amide bonds. The normalized spacial score (nSPS) is 10.7. The summed E-state index contributed by atoms with van der Waals surface area (Å²) >= 11 is 0. The van der Waals surface area contributed by atoms with Gasteiger partial charge in [0.1, 0.15) is 0 Å². The van der Waals surface area contributed by atoms with Crippen molar-refractivity contribution in [1.29, 1.82) is 0 Å². The van der Waals surface area contributed by atoms with Crippen molar-refractivity contribution in [3.05, 3.63) is 48.5 Å². The molecular weight excluding hydrogens is 230 g/mol. The molecule has 0 aliphatic carbocycles. The molecule has 88 valence electrons. The number of pyridine rings is 1. The highest BCUT2D eigenvalue weighted by Gasteiger charge is 2.07. The van der Waals surface area contributed by atoms with Crippen LogP contribution in [0.25, 0.3) is 16.9 Å². The van der Waals surface area contributed by atoms with Crippen LogP contribution >= 0.6 is 0 Å². The van der Waals surface area contributed by atoms with Gasteiger partial charge < -0.3 is 5.73 Å². The van der Waals surface area contributed by atoms with Crippen LogP contribution in [0.15, 0.2) is 43.0 Å². The lowest BCUT2D eigenvalue weighted by Gasteiger charge is -1.95. The largest absolute Gasteiger partial charge is 0.366 e. The summed E-state index contributed by atoms with van der Waals surface area (Å²) in [5.41, 5.74) is 7.81. The Kier molecular flexibility index (Phi) is 2.26. The van der Waals surface area contributed by atoms with Crippen molar-refractivity contribution in [2.75, 3.05) is 0 Å². The quantitative estimate of drug-likeness (QED) is 0.719. The minimum Gasteiger partial charge on any atom is -0.366 e. The first-order valence-corrected chi connectivity index (χ1v) is 5.30. The molecule has 0 saturated carbocycles. The molecule has 0 unspecified atom stereocenters.